The second-order valence-electron chi connectivity index (χ2n) is 5.20. The predicted octanol–water partition coefficient (Wildman–Crippen LogP) is 3.51. The SMILES string of the molecule is CCC[C@H](C)C(=O)Nc1nnc(Cc2ccc(OC)cc2)s1. The summed E-state index contributed by atoms with van der Waals surface area (Å²) >= 11 is 1.42. The van der Waals surface area contributed by atoms with E-state index in [1.165, 1.54) is 11.3 Å². The topological polar surface area (TPSA) is 64.1 Å². The molecular formula is C16H21N3O2S. The highest BCUT2D eigenvalue weighted by molar-refractivity contribution is 7.15. The predicted molar refractivity (Wildman–Crippen MR) is 88.4 cm³/mol. The highest BCUT2D eigenvalue weighted by Gasteiger charge is 2.14. The number of hydrogen-bond donors (Lipinski definition) is 1. The Bertz CT molecular complexity index is 610. The van der Waals surface area contributed by atoms with E-state index in [4.69, 9.17) is 4.74 Å². The number of benzene rings is 1. The van der Waals surface area contributed by atoms with Gasteiger partial charge in [0.1, 0.15) is 10.8 Å². The number of ether oxygens (including phenoxy) is 1. The number of carbonyl (C=O) groups excluding carboxylic acids is 1. The van der Waals surface area contributed by atoms with Gasteiger partial charge in [-0.15, -0.1) is 10.2 Å². The van der Waals surface area contributed by atoms with Gasteiger partial charge >= 0.3 is 0 Å². The van der Waals surface area contributed by atoms with Gasteiger partial charge in [-0.3, -0.25) is 4.79 Å². The summed E-state index contributed by atoms with van der Waals surface area (Å²) in [6.07, 6.45) is 2.57. The van der Waals surface area contributed by atoms with Gasteiger partial charge in [0.15, 0.2) is 0 Å². The van der Waals surface area contributed by atoms with E-state index in [1.807, 2.05) is 31.2 Å². The lowest BCUT2D eigenvalue weighted by Gasteiger charge is -2.07. The maximum Gasteiger partial charge on any atom is 0.229 e. The van der Waals surface area contributed by atoms with Crippen molar-refractivity contribution < 1.29 is 9.53 Å². The van der Waals surface area contributed by atoms with Gasteiger partial charge in [-0.1, -0.05) is 43.7 Å². The number of methoxy groups -OCH3 is 1. The Hall–Kier alpha value is -1.95. The smallest absolute Gasteiger partial charge is 0.229 e. The maximum absolute atomic E-state index is 12.0. The van der Waals surface area contributed by atoms with Crippen LogP contribution in [0.25, 0.3) is 0 Å². The number of nitrogens with zero attached hydrogens (tertiary/aromatic N) is 2. The number of carbonyl (C=O) groups is 1. The number of hydrogen-bond acceptors (Lipinski definition) is 5. The summed E-state index contributed by atoms with van der Waals surface area (Å²) < 4.78 is 5.14. The van der Waals surface area contributed by atoms with Crippen LogP contribution < -0.4 is 10.1 Å². The Morgan fingerprint density at radius 3 is 2.68 bits per heavy atom. The number of anilines is 1. The third kappa shape index (κ3) is 4.53. The first kappa shape index (κ1) is 16.4. The third-order valence-corrected chi connectivity index (χ3v) is 4.22. The van der Waals surface area contributed by atoms with Gasteiger partial charge in [-0.25, -0.2) is 0 Å². The first-order valence-corrected chi connectivity index (χ1v) is 8.20. The van der Waals surface area contributed by atoms with Crippen molar-refractivity contribution in [2.75, 3.05) is 12.4 Å². The van der Waals surface area contributed by atoms with Gasteiger partial charge in [-0.2, -0.15) is 0 Å². The van der Waals surface area contributed by atoms with Crippen LogP contribution in [-0.2, 0) is 11.2 Å². The molecule has 0 aliphatic heterocycles. The molecule has 0 aliphatic rings. The molecule has 5 nitrogen and oxygen atoms in total. The molecule has 0 radical (unpaired) electrons. The first-order chi connectivity index (χ1) is 10.6. The zero-order chi connectivity index (χ0) is 15.9. The number of aromatic nitrogens is 2. The van der Waals surface area contributed by atoms with Gasteiger partial charge in [0.2, 0.25) is 11.0 Å². The van der Waals surface area contributed by atoms with E-state index in [1.54, 1.807) is 7.11 Å². The molecule has 0 unspecified atom stereocenters. The van der Waals surface area contributed by atoms with E-state index in [0.717, 1.165) is 29.2 Å². The van der Waals surface area contributed by atoms with Crippen LogP contribution in [0, 0.1) is 5.92 Å². The number of nitrogens with one attached hydrogen (secondary N) is 1. The molecule has 1 atom stereocenters. The number of rotatable bonds is 7. The second kappa shape index (κ2) is 7.89. The van der Waals surface area contributed by atoms with Crippen LogP contribution in [0.5, 0.6) is 5.75 Å². The fourth-order valence-electron chi connectivity index (χ4n) is 2.09. The summed E-state index contributed by atoms with van der Waals surface area (Å²) in [5.74, 6) is 0.840. The van der Waals surface area contributed by atoms with Gasteiger partial charge in [0.05, 0.1) is 7.11 Å². The monoisotopic (exact) mass is 319 g/mol. The largest absolute Gasteiger partial charge is 0.497 e. The zero-order valence-corrected chi connectivity index (χ0v) is 13.9. The summed E-state index contributed by atoms with van der Waals surface area (Å²) in [5.41, 5.74) is 1.13. The van der Waals surface area contributed by atoms with Gasteiger partial charge < -0.3 is 10.1 Å². The molecule has 2 aromatic rings. The Balaban J connectivity index is 1.94. The van der Waals surface area contributed by atoms with Gasteiger partial charge in [0, 0.05) is 12.3 Å². The molecule has 0 bridgehead atoms. The summed E-state index contributed by atoms with van der Waals surface area (Å²) in [6.45, 7) is 4.00. The molecule has 118 valence electrons. The molecule has 0 fully saturated rings. The van der Waals surface area contributed by atoms with Crippen LogP contribution in [0.15, 0.2) is 24.3 Å². The maximum atomic E-state index is 12.0. The van der Waals surface area contributed by atoms with Crippen LogP contribution in [0.1, 0.15) is 37.3 Å². The Labute approximate surface area is 134 Å². The van der Waals surface area contributed by atoms with Crippen molar-refractivity contribution in [3.63, 3.8) is 0 Å². The second-order valence-corrected chi connectivity index (χ2v) is 6.27. The fourth-order valence-corrected chi connectivity index (χ4v) is 2.86. The summed E-state index contributed by atoms with van der Waals surface area (Å²) in [4.78, 5) is 12.0. The average molecular weight is 319 g/mol. The molecule has 1 heterocycles. The van der Waals surface area contributed by atoms with Crippen molar-refractivity contribution in [3.05, 3.63) is 34.8 Å². The lowest BCUT2D eigenvalue weighted by atomic mass is 10.1. The van der Waals surface area contributed by atoms with Crippen molar-refractivity contribution in [2.45, 2.75) is 33.1 Å². The molecule has 2 rings (SSSR count). The van der Waals surface area contributed by atoms with Crippen LogP contribution in [-0.4, -0.2) is 23.2 Å². The van der Waals surface area contributed by atoms with E-state index < -0.39 is 0 Å². The molecule has 6 heteroatoms. The van der Waals surface area contributed by atoms with E-state index in [0.29, 0.717) is 11.6 Å². The standard InChI is InChI=1S/C16H21N3O2S/c1-4-5-11(2)15(20)17-16-19-18-14(22-16)10-12-6-8-13(21-3)9-7-12/h6-9,11H,4-5,10H2,1-3H3,(H,17,19,20)/t11-/m0/s1. The van der Waals surface area contributed by atoms with Crippen molar-refractivity contribution >= 4 is 22.4 Å². The highest BCUT2D eigenvalue weighted by Crippen LogP contribution is 2.21. The van der Waals surface area contributed by atoms with Crippen LogP contribution >= 0.6 is 11.3 Å². The van der Waals surface area contributed by atoms with E-state index in [2.05, 4.69) is 22.4 Å². The minimum atomic E-state index is -0.000983. The zero-order valence-electron chi connectivity index (χ0n) is 13.1. The van der Waals surface area contributed by atoms with Crippen molar-refractivity contribution in [1.29, 1.82) is 0 Å². The lowest BCUT2D eigenvalue weighted by molar-refractivity contribution is -0.119. The third-order valence-electron chi connectivity index (χ3n) is 3.38. The Morgan fingerprint density at radius 2 is 2.05 bits per heavy atom. The van der Waals surface area contributed by atoms with Crippen LogP contribution in [0.2, 0.25) is 0 Å². The minimum Gasteiger partial charge on any atom is -0.497 e. The van der Waals surface area contributed by atoms with E-state index in [-0.39, 0.29) is 11.8 Å². The molecule has 1 N–H and O–H groups in total. The molecule has 1 aromatic carbocycles. The Kier molecular flexibility index (Phi) is 5.89. The molecule has 22 heavy (non-hydrogen) atoms. The molecule has 1 aromatic heterocycles. The molecule has 0 saturated carbocycles. The van der Waals surface area contributed by atoms with E-state index >= 15 is 0 Å². The molecular weight excluding hydrogens is 298 g/mol. The van der Waals surface area contributed by atoms with Crippen molar-refractivity contribution in [2.24, 2.45) is 5.92 Å². The fraction of sp³-hybridized carbons (Fsp3) is 0.438. The van der Waals surface area contributed by atoms with Crippen molar-refractivity contribution in [1.82, 2.24) is 10.2 Å². The first-order valence-electron chi connectivity index (χ1n) is 7.38. The average Bonchev–Trinajstić information content (AvgIpc) is 2.95. The summed E-state index contributed by atoms with van der Waals surface area (Å²) in [6, 6.07) is 7.85. The summed E-state index contributed by atoms with van der Waals surface area (Å²) in [5, 5.41) is 12.5. The molecule has 0 spiro atoms. The van der Waals surface area contributed by atoms with E-state index in [9.17, 15) is 4.79 Å². The quantitative estimate of drug-likeness (QED) is 0.848. The minimum absolute atomic E-state index is 0.000983. The summed E-state index contributed by atoms with van der Waals surface area (Å²) in [7, 11) is 1.65. The van der Waals surface area contributed by atoms with Crippen LogP contribution in [0.3, 0.4) is 0 Å². The Morgan fingerprint density at radius 1 is 1.32 bits per heavy atom. The van der Waals surface area contributed by atoms with Gasteiger partial charge in [-0.05, 0) is 24.1 Å². The lowest BCUT2D eigenvalue weighted by Crippen LogP contribution is -2.20. The van der Waals surface area contributed by atoms with Crippen molar-refractivity contribution in [3.8, 4) is 5.75 Å². The molecule has 0 aliphatic carbocycles. The van der Waals surface area contributed by atoms with Gasteiger partial charge in [0.25, 0.3) is 0 Å². The molecule has 1 amide bonds. The highest BCUT2D eigenvalue weighted by atomic mass is 32.1. The number of amides is 1. The molecule has 0 saturated heterocycles. The van der Waals surface area contributed by atoms with Crippen LogP contribution in [0.4, 0.5) is 5.13 Å². The normalized spacial score (nSPS) is 12.0.